The lowest BCUT2D eigenvalue weighted by atomic mass is 10.0. The number of carboxylic acids is 1. The summed E-state index contributed by atoms with van der Waals surface area (Å²) in [6, 6.07) is 13.0. The minimum absolute atomic E-state index is 0.118. The van der Waals surface area contributed by atoms with Gasteiger partial charge in [0.25, 0.3) is 5.91 Å². The molecule has 0 saturated heterocycles. The van der Waals surface area contributed by atoms with Crippen molar-refractivity contribution in [1.82, 2.24) is 4.90 Å². The van der Waals surface area contributed by atoms with E-state index >= 15 is 0 Å². The normalized spacial score (nSPS) is 12.1. The lowest BCUT2D eigenvalue weighted by Gasteiger charge is -2.27. The Morgan fingerprint density at radius 1 is 1.14 bits per heavy atom. The summed E-state index contributed by atoms with van der Waals surface area (Å²) in [5.74, 6) is -1.23. The molecule has 2 aromatic rings. The Morgan fingerprint density at radius 3 is 2.48 bits per heavy atom. The van der Waals surface area contributed by atoms with Gasteiger partial charge in [0, 0.05) is 11.6 Å². The van der Waals surface area contributed by atoms with Gasteiger partial charge in [-0.3, -0.25) is 9.59 Å². The first-order chi connectivity index (χ1) is 10.0. The Kier molecular flexibility index (Phi) is 4.58. The van der Waals surface area contributed by atoms with E-state index in [0.29, 0.717) is 12.0 Å². The van der Waals surface area contributed by atoms with Crippen LogP contribution < -0.4 is 0 Å². The molecule has 2 aromatic carbocycles. The first kappa shape index (κ1) is 15.0. The number of fused-ring (bicyclic) bond motifs is 1. The van der Waals surface area contributed by atoms with Crippen molar-refractivity contribution in [2.45, 2.75) is 26.3 Å². The van der Waals surface area contributed by atoms with Crippen LogP contribution in [0.3, 0.4) is 0 Å². The maximum Gasteiger partial charge on any atom is 0.323 e. The van der Waals surface area contributed by atoms with Crippen LogP contribution in [-0.4, -0.2) is 34.5 Å². The number of hydrogen-bond donors (Lipinski definition) is 1. The van der Waals surface area contributed by atoms with Gasteiger partial charge in [-0.2, -0.15) is 0 Å². The molecular formula is C17H19NO3. The van der Waals surface area contributed by atoms with E-state index in [9.17, 15) is 9.59 Å². The highest BCUT2D eigenvalue weighted by atomic mass is 16.4. The number of aliphatic carboxylic acids is 1. The van der Waals surface area contributed by atoms with Crippen LogP contribution in [0, 0.1) is 0 Å². The molecule has 110 valence electrons. The molecule has 4 nitrogen and oxygen atoms in total. The molecule has 0 heterocycles. The van der Waals surface area contributed by atoms with Crippen molar-refractivity contribution in [3.63, 3.8) is 0 Å². The molecule has 0 bridgehead atoms. The summed E-state index contributed by atoms with van der Waals surface area (Å²) >= 11 is 0. The van der Waals surface area contributed by atoms with Gasteiger partial charge in [-0.05, 0) is 30.2 Å². The van der Waals surface area contributed by atoms with Gasteiger partial charge in [0.2, 0.25) is 0 Å². The fraction of sp³-hybridized carbons (Fsp3) is 0.294. The number of nitrogens with zero attached hydrogens (tertiary/aromatic N) is 1. The highest BCUT2D eigenvalue weighted by Crippen LogP contribution is 2.21. The summed E-state index contributed by atoms with van der Waals surface area (Å²) < 4.78 is 0. The lowest BCUT2D eigenvalue weighted by molar-refractivity contribution is -0.138. The zero-order valence-corrected chi connectivity index (χ0v) is 12.2. The molecule has 0 aliphatic heterocycles. The van der Waals surface area contributed by atoms with Gasteiger partial charge in [-0.25, -0.2) is 0 Å². The van der Waals surface area contributed by atoms with Crippen LogP contribution in [-0.2, 0) is 4.79 Å². The molecule has 21 heavy (non-hydrogen) atoms. The van der Waals surface area contributed by atoms with Crippen LogP contribution in [0.4, 0.5) is 0 Å². The van der Waals surface area contributed by atoms with Crippen molar-refractivity contribution < 1.29 is 14.7 Å². The number of carbonyl (C=O) groups is 2. The van der Waals surface area contributed by atoms with Crippen LogP contribution in [0.5, 0.6) is 0 Å². The number of hydrogen-bond acceptors (Lipinski definition) is 2. The van der Waals surface area contributed by atoms with E-state index in [0.717, 1.165) is 10.8 Å². The predicted octanol–water partition coefficient (Wildman–Crippen LogP) is 3.17. The Bertz CT molecular complexity index is 661. The van der Waals surface area contributed by atoms with Crippen molar-refractivity contribution in [2.75, 3.05) is 6.54 Å². The van der Waals surface area contributed by atoms with Crippen LogP contribution in [0.1, 0.15) is 30.6 Å². The first-order valence-corrected chi connectivity index (χ1v) is 7.05. The second kappa shape index (κ2) is 6.39. The molecular weight excluding hydrogens is 266 g/mol. The molecule has 1 atom stereocenters. The molecule has 2 rings (SSSR count). The average Bonchev–Trinajstić information content (AvgIpc) is 2.50. The highest BCUT2D eigenvalue weighted by molar-refractivity contribution is 6.07. The average molecular weight is 285 g/mol. The maximum absolute atomic E-state index is 12.8. The predicted molar refractivity (Wildman–Crippen MR) is 82.4 cm³/mol. The van der Waals surface area contributed by atoms with Gasteiger partial charge in [0.15, 0.2) is 0 Å². The third-order valence-corrected chi connectivity index (χ3v) is 3.71. The van der Waals surface area contributed by atoms with Gasteiger partial charge >= 0.3 is 5.97 Å². The molecule has 1 amide bonds. The van der Waals surface area contributed by atoms with Crippen molar-refractivity contribution in [2.24, 2.45) is 0 Å². The van der Waals surface area contributed by atoms with Gasteiger partial charge in [0.1, 0.15) is 6.54 Å². The molecule has 0 radical (unpaired) electrons. The standard InChI is InChI=1S/C17H19NO3/c1-3-12(2)18(11-16(19)20)17(21)15-10-6-8-13-7-4-5-9-14(13)15/h4-10,12H,3,11H2,1-2H3,(H,19,20). The summed E-state index contributed by atoms with van der Waals surface area (Å²) in [5.41, 5.74) is 0.551. The second-order valence-electron chi connectivity index (χ2n) is 5.11. The molecule has 0 spiro atoms. The largest absolute Gasteiger partial charge is 0.480 e. The Morgan fingerprint density at radius 2 is 1.81 bits per heavy atom. The van der Waals surface area contributed by atoms with Gasteiger partial charge < -0.3 is 10.0 Å². The van der Waals surface area contributed by atoms with E-state index in [1.165, 1.54) is 4.90 Å². The number of amides is 1. The Balaban J connectivity index is 2.45. The van der Waals surface area contributed by atoms with Crippen molar-refractivity contribution in [3.8, 4) is 0 Å². The van der Waals surface area contributed by atoms with Gasteiger partial charge in [-0.1, -0.05) is 43.3 Å². The van der Waals surface area contributed by atoms with Crippen molar-refractivity contribution >= 4 is 22.6 Å². The summed E-state index contributed by atoms with van der Waals surface area (Å²) in [6.45, 7) is 3.53. The van der Waals surface area contributed by atoms with Gasteiger partial charge in [0.05, 0.1) is 0 Å². The zero-order valence-electron chi connectivity index (χ0n) is 12.2. The third kappa shape index (κ3) is 3.21. The quantitative estimate of drug-likeness (QED) is 0.918. The van der Waals surface area contributed by atoms with E-state index in [1.54, 1.807) is 6.07 Å². The maximum atomic E-state index is 12.8. The van der Waals surface area contributed by atoms with Crippen LogP contribution in [0.15, 0.2) is 42.5 Å². The molecule has 0 aliphatic carbocycles. The van der Waals surface area contributed by atoms with E-state index in [-0.39, 0.29) is 18.5 Å². The van der Waals surface area contributed by atoms with Crippen molar-refractivity contribution in [1.29, 1.82) is 0 Å². The Labute approximate surface area is 124 Å². The number of rotatable bonds is 5. The van der Waals surface area contributed by atoms with E-state index in [4.69, 9.17) is 5.11 Å². The molecule has 4 heteroatoms. The summed E-state index contributed by atoms with van der Waals surface area (Å²) in [6.07, 6.45) is 0.712. The Hall–Kier alpha value is -2.36. The minimum atomic E-state index is -0.996. The van der Waals surface area contributed by atoms with E-state index in [2.05, 4.69) is 0 Å². The van der Waals surface area contributed by atoms with Gasteiger partial charge in [-0.15, -0.1) is 0 Å². The molecule has 0 saturated carbocycles. The molecule has 1 unspecified atom stereocenters. The molecule has 0 aromatic heterocycles. The number of carbonyl (C=O) groups excluding carboxylic acids is 1. The summed E-state index contributed by atoms with van der Waals surface area (Å²) in [7, 11) is 0. The van der Waals surface area contributed by atoms with Crippen LogP contribution in [0.25, 0.3) is 10.8 Å². The minimum Gasteiger partial charge on any atom is -0.480 e. The molecule has 0 fully saturated rings. The zero-order chi connectivity index (χ0) is 15.4. The third-order valence-electron chi connectivity index (χ3n) is 3.71. The topological polar surface area (TPSA) is 57.6 Å². The smallest absolute Gasteiger partial charge is 0.323 e. The SMILES string of the molecule is CCC(C)N(CC(=O)O)C(=O)c1cccc2ccccc12. The van der Waals surface area contributed by atoms with Crippen molar-refractivity contribution in [3.05, 3.63) is 48.0 Å². The summed E-state index contributed by atoms with van der Waals surface area (Å²) in [4.78, 5) is 25.2. The highest BCUT2D eigenvalue weighted by Gasteiger charge is 2.23. The number of benzene rings is 2. The van der Waals surface area contributed by atoms with Crippen LogP contribution >= 0.6 is 0 Å². The lowest BCUT2D eigenvalue weighted by Crippen LogP contribution is -2.41. The molecule has 0 aliphatic rings. The first-order valence-electron chi connectivity index (χ1n) is 7.05. The van der Waals surface area contributed by atoms with Crippen LogP contribution in [0.2, 0.25) is 0 Å². The second-order valence-corrected chi connectivity index (χ2v) is 5.11. The van der Waals surface area contributed by atoms with E-state index < -0.39 is 5.97 Å². The monoisotopic (exact) mass is 285 g/mol. The number of carboxylic acid groups (broad SMARTS) is 1. The molecule has 1 N–H and O–H groups in total. The summed E-state index contributed by atoms with van der Waals surface area (Å²) in [5, 5.41) is 10.9. The fourth-order valence-corrected chi connectivity index (χ4v) is 2.36. The fourth-order valence-electron chi connectivity index (χ4n) is 2.36. The van der Waals surface area contributed by atoms with E-state index in [1.807, 2.05) is 50.2 Å².